The van der Waals surface area contributed by atoms with Crippen LogP contribution in [0, 0.1) is 17.8 Å². The lowest BCUT2D eigenvalue weighted by atomic mass is 9.92. The molecule has 0 saturated heterocycles. The second-order valence-electron chi connectivity index (χ2n) is 9.62. The molecule has 0 aromatic heterocycles. The van der Waals surface area contributed by atoms with Crippen molar-refractivity contribution in [3.8, 4) is 5.75 Å². The van der Waals surface area contributed by atoms with Gasteiger partial charge < -0.3 is 14.8 Å². The van der Waals surface area contributed by atoms with Crippen molar-refractivity contribution in [3.05, 3.63) is 35.7 Å². The maximum absolute atomic E-state index is 12.8. The quantitative estimate of drug-likeness (QED) is 0.358. The minimum absolute atomic E-state index is 0.0423. The number of nitrogens with one attached hydrogen (secondary N) is 1. The maximum atomic E-state index is 12.8. The Morgan fingerprint density at radius 3 is 2.43 bits per heavy atom. The lowest BCUT2D eigenvalue weighted by Crippen LogP contribution is -2.22. The summed E-state index contributed by atoms with van der Waals surface area (Å²) in [7, 11) is 1.90. The molecule has 2 rings (SSSR count). The molecule has 1 unspecified atom stereocenters. The van der Waals surface area contributed by atoms with Gasteiger partial charge in [0.25, 0.3) is 0 Å². The van der Waals surface area contributed by atoms with Crippen molar-refractivity contribution in [1.82, 2.24) is 5.32 Å². The third-order valence-electron chi connectivity index (χ3n) is 5.44. The normalized spacial score (nSPS) is 16.6. The van der Waals surface area contributed by atoms with Gasteiger partial charge in [-0.1, -0.05) is 52.5 Å². The first-order valence-corrected chi connectivity index (χ1v) is 11.2. The molecule has 1 aromatic rings. The summed E-state index contributed by atoms with van der Waals surface area (Å²) in [5.41, 5.74) is 1.58. The van der Waals surface area contributed by atoms with Gasteiger partial charge in [-0.3, -0.25) is 9.59 Å². The topological polar surface area (TPSA) is 64.6 Å². The Hall–Kier alpha value is -1.88. The lowest BCUT2D eigenvalue weighted by molar-refractivity contribution is -0.147. The van der Waals surface area contributed by atoms with E-state index in [2.05, 4.69) is 18.7 Å². The van der Waals surface area contributed by atoms with Gasteiger partial charge in [0.15, 0.2) is 0 Å². The van der Waals surface area contributed by atoms with E-state index in [1.807, 2.05) is 46.0 Å². The van der Waals surface area contributed by atoms with Crippen molar-refractivity contribution in [3.63, 3.8) is 0 Å². The molecule has 1 fully saturated rings. The summed E-state index contributed by atoms with van der Waals surface area (Å²) in [5.74, 6) is 0.0300. The van der Waals surface area contributed by atoms with Gasteiger partial charge in [0.2, 0.25) is 0 Å². The van der Waals surface area contributed by atoms with E-state index in [9.17, 15) is 9.59 Å². The molecule has 0 heterocycles. The fourth-order valence-corrected chi connectivity index (χ4v) is 3.64. The highest BCUT2D eigenvalue weighted by molar-refractivity contribution is 5.75. The third-order valence-corrected chi connectivity index (χ3v) is 5.44. The van der Waals surface area contributed by atoms with Crippen LogP contribution in [-0.2, 0) is 20.9 Å². The summed E-state index contributed by atoms with van der Waals surface area (Å²) in [6.45, 7) is 8.16. The SMILES string of the molecule is CNC(C)[CH]c1ccc(OC(=O)C2CCCCCC2)c(COC(=O)CC(C)(C)C)c1. The molecule has 5 nitrogen and oxygen atoms in total. The van der Waals surface area contributed by atoms with Crippen LogP contribution in [0.1, 0.15) is 83.8 Å². The largest absolute Gasteiger partial charge is 0.461 e. The van der Waals surface area contributed by atoms with Gasteiger partial charge in [0.05, 0.1) is 12.3 Å². The first-order chi connectivity index (χ1) is 14.2. The van der Waals surface area contributed by atoms with E-state index in [1.54, 1.807) is 0 Å². The summed E-state index contributed by atoms with van der Waals surface area (Å²) in [4.78, 5) is 25.0. The molecule has 0 bridgehead atoms. The van der Waals surface area contributed by atoms with Gasteiger partial charge in [0, 0.05) is 18.0 Å². The van der Waals surface area contributed by atoms with E-state index >= 15 is 0 Å². The summed E-state index contributed by atoms with van der Waals surface area (Å²) in [6, 6.07) is 5.88. The minimum atomic E-state index is -0.249. The van der Waals surface area contributed by atoms with Crippen LogP contribution in [0.25, 0.3) is 0 Å². The molecule has 1 aliphatic rings. The summed E-state index contributed by atoms with van der Waals surface area (Å²) in [6.07, 6.45) is 8.73. The summed E-state index contributed by atoms with van der Waals surface area (Å²) in [5, 5.41) is 3.18. The molecule has 0 spiro atoms. The molecule has 1 saturated carbocycles. The number of esters is 2. The monoisotopic (exact) mass is 416 g/mol. The van der Waals surface area contributed by atoms with Crippen LogP contribution >= 0.6 is 0 Å². The Labute approximate surface area is 181 Å². The molecule has 30 heavy (non-hydrogen) atoms. The van der Waals surface area contributed by atoms with Gasteiger partial charge >= 0.3 is 11.9 Å². The highest BCUT2D eigenvalue weighted by Crippen LogP contribution is 2.28. The van der Waals surface area contributed by atoms with Crippen LogP contribution in [-0.4, -0.2) is 25.0 Å². The standard InChI is InChI=1S/C25H38NO4/c1-18(26-5)14-19-12-13-22(30-24(28)20-10-8-6-7-9-11-20)21(15-19)17-29-23(27)16-25(2,3)4/h12-15,18,20,26H,6-11,16-17H2,1-5H3. The third kappa shape index (κ3) is 8.47. The van der Waals surface area contributed by atoms with Gasteiger partial charge in [-0.15, -0.1) is 0 Å². The maximum Gasteiger partial charge on any atom is 0.314 e. The van der Waals surface area contributed by atoms with Crippen molar-refractivity contribution in [2.45, 2.75) is 85.3 Å². The molecule has 1 aromatic carbocycles. The first kappa shape index (κ1) is 24.4. The predicted molar refractivity (Wildman–Crippen MR) is 119 cm³/mol. The predicted octanol–water partition coefficient (Wildman–Crippen LogP) is 5.20. The zero-order valence-corrected chi connectivity index (χ0v) is 19.3. The Morgan fingerprint density at radius 1 is 1.17 bits per heavy atom. The molecular formula is C25H38NO4. The van der Waals surface area contributed by atoms with Crippen LogP contribution in [0.15, 0.2) is 18.2 Å². The number of carbonyl (C=O) groups is 2. The van der Waals surface area contributed by atoms with E-state index in [1.165, 1.54) is 12.8 Å². The van der Waals surface area contributed by atoms with Crippen molar-refractivity contribution in [2.75, 3.05) is 7.05 Å². The molecule has 167 valence electrons. The average molecular weight is 417 g/mol. The number of ether oxygens (including phenoxy) is 2. The smallest absolute Gasteiger partial charge is 0.314 e. The Morgan fingerprint density at radius 2 is 1.83 bits per heavy atom. The Kier molecular flexibility index (Phi) is 9.35. The molecular weight excluding hydrogens is 378 g/mol. The van der Waals surface area contributed by atoms with E-state index in [0.29, 0.717) is 12.2 Å². The van der Waals surface area contributed by atoms with Gasteiger partial charge in [0.1, 0.15) is 12.4 Å². The number of likely N-dealkylation sites (N-methyl/N-ethyl adjacent to an activating group) is 1. The summed E-state index contributed by atoms with van der Waals surface area (Å²) < 4.78 is 11.3. The summed E-state index contributed by atoms with van der Waals surface area (Å²) >= 11 is 0. The van der Waals surface area contributed by atoms with Crippen LogP contribution in [0.2, 0.25) is 0 Å². The molecule has 1 atom stereocenters. The minimum Gasteiger partial charge on any atom is -0.461 e. The van der Waals surface area contributed by atoms with Crippen LogP contribution in [0.4, 0.5) is 0 Å². The van der Waals surface area contributed by atoms with Gasteiger partial charge in [-0.25, -0.2) is 0 Å². The fraction of sp³-hybridized carbons (Fsp3) is 0.640. The molecule has 1 radical (unpaired) electrons. The Balaban J connectivity index is 2.13. The van der Waals surface area contributed by atoms with Crippen LogP contribution in [0.5, 0.6) is 5.75 Å². The second kappa shape index (κ2) is 11.5. The molecule has 5 heteroatoms. The van der Waals surface area contributed by atoms with Crippen molar-refractivity contribution < 1.29 is 19.1 Å². The number of hydrogen-bond acceptors (Lipinski definition) is 5. The zero-order valence-electron chi connectivity index (χ0n) is 19.3. The van der Waals surface area contributed by atoms with Crippen LogP contribution < -0.4 is 10.1 Å². The van der Waals surface area contributed by atoms with Crippen LogP contribution in [0.3, 0.4) is 0 Å². The van der Waals surface area contributed by atoms with Crippen molar-refractivity contribution in [2.24, 2.45) is 11.3 Å². The van der Waals surface area contributed by atoms with Gasteiger partial charge in [-0.2, -0.15) is 0 Å². The average Bonchev–Trinajstić information content (AvgIpc) is 2.96. The van der Waals surface area contributed by atoms with Gasteiger partial charge in [-0.05, 0) is 49.9 Å². The lowest BCUT2D eigenvalue weighted by Gasteiger charge is -2.19. The van der Waals surface area contributed by atoms with E-state index < -0.39 is 0 Å². The number of carbonyl (C=O) groups excluding carboxylic acids is 2. The van der Waals surface area contributed by atoms with Crippen molar-refractivity contribution in [1.29, 1.82) is 0 Å². The highest BCUT2D eigenvalue weighted by Gasteiger charge is 2.24. The molecule has 1 N–H and O–H groups in total. The first-order valence-electron chi connectivity index (χ1n) is 11.2. The zero-order chi connectivity index (χ0) is 22.1. The number of benzene rings is 1. The highest BCUT2D eigenvalue weighted by atomic mass is 16.5. The van der Waals surface area contributed by atoms with E-state index in [0.717, 1.165) is 36.8 Å². The Bertz CT molecular complexity index is 700. The second-order valence-corrected chi connectivity index (χ2v) is 9.62. The van der Waals surface area contributed by atoms with E-state index in [-0.39, 0.29) is 35.9 Å². The van der Waals surface area contributed by atoms with E-state index in [4.69, 9.17) is 9.47 Å². The van der Waals surface area contributed by atoms with Crippen molar-refractivity contribution >= 4 is 11.9 Å². The number of hydrogen-bond donors (Lipinski definition) is 1. The fourth-order valence-electron chi connectivity index (χ4n) is 3.64. The molecule has 0 aliphatic heterocycles. The molecule has 1 aliphatic carbocycles. The number of rotatable bonds is 8. The molecule has 0 amide bonds.